The van der Waals surface area contributed by atoms with Gasteiger partial charge in [0.05, 0.1) is 5.56 Å². The average Bonchev–Trinajstić information content (AvgIpc) is 2.79. The van der Waals surface area contributed by atoms with Crippen LogP contribution in [0.15, 0.2) is 60.9 Å². The number of carbonyl (C=O) groups is 1. The second-order valence-corrected chi connectivity index (χ2v) is 8.19. The predicted octanol–water partition coefficient (Wildman–Crippen LogP) is 4.66. The van der Waals surface area contributed by atoms with E-state index < -0.39 is 0 Å². The van der Waals surface area contributed by atoms with Gasteiger partial charge in [0, 0.05) is 74.7 Å². The number of hydrogen-bond acceptors (Lipinski definition) is 5. The molecule has 31 heavy (non-hydrogen) atoms. The summed E-state index contributed by atoms with van der Waals surface area (Å²) in [6, 6.07) is 15.6. The normalized spacial score (nSPS) is 16.1. The second kappa shape index (κ2) is 9.16. The van der Waals surface area contributed by atoms with Gasteiger partial charge in [0.15, 0.2) is 0 Å². The third-order valence-electron chi connectivity index (χ3n) is 5.57. The zero-order valence-electron chi connectivity index (χ0n) is 18.3. The summed E-state index contributed by atoms with van der Waals surface area (Å²) in [5.74, 6) is 1.78. The molecule has 0 spiro atoms. The van der Waals surface area contributed by atoms with Crippen molar-refractivity contribution in [2.45, 2.75) is 25.7 Å². The molecule has 0 saturated carbocycles. The molecule has 2 aromatic heterocycles. The Balaban J connectivity index is 1.50. The zero-order valence-corrected chi connectivity index (χ0v) is 18.3. The van der Waals surface area contributed by atoms with E-state index in [0.717, 1.165) is 48.0 Å². The highest BCUT2D eigenvalue weighted by Crippen LogP contribution is 2.31. The third kappa shape index (κ3) is 5.02. The van der Waals surface area contributed by atoms with Crippen LogP contribution in [0.4, 0.5) is 5.69 Å². The van der Waals surface area contributed by atoms with Crippen LogP contribution in [0.5, 0.6) is 11.5 Å². The molecule has 1 saturated heterocycles. The molecule has 1 aliphatic rings. The van der Waals surface area contributed by atoms with Crippen molar-refractivity contribution < 1.29 is 9.53 Å². The molecule has 0 N–H and O–H groups in total. The van der Waals surface area contributed by atoms with Gasteiger partial charge in [0.2, 0.25) is 0 Å². The molecule has 6 heteroatoms. The van der Waals surface area contributed by atoms with Gasteiger partial charge in [-0.15, -0.1) is 0 Å². The number of carbonyl (C=O) groups excluding carboxylic acids is 1. The molecule has 0 unspecified atom stereocenters. The largest absolute Gasteiger partial charge is 0.457 e. The Morgan fingerprint density at radius 1 is 1.13 bits per heavy atom. The van der Waals surface area contributed by atoms with Crippen LogP contribution in [-0.4, -0.2) is 48.0 Å². The number of anilines is 1. The van der Waals surface area contributed by atoms with Crippen LogP contribution in [0.25, 0.3) is 0 Å². The van der Waals surface area contributed by atoms with E-state index in [4.69, 9.17) is 9.72 Å². The van der Waals surface area contributed by atoms with Gasteiger partial charge in [-0.25, -0.2) is 0 Å². The lowest BCUT2D eigenvalue weighted by Gasteiger charge is -2.32. The van der Waals surface area contributed by atoms with E-state index in [1.165, 1.54) is 0 Å². The lowest BCUT2D eigenvalue weighted by atomic mass is 9.93. The minimum absolute atomic E-state index is 0.0305. The maximum Gasteiger partial charge on any atom is 0.255 e. The van der Waals surface area contributed by atoms with Gasteiger partial charge in [-0.2, -0.15) is 0 Å². The van der Waals surface area contributed by atoms with Crippen molar-refractivity contribution in [3.05, 3.63) is 77.9 Å². The third-order valence-corrected chi connectivity index (χ3v) is 5.57. The number of piperidine rings is 1. The van der Waals surface area contributed by atoms with E-state index in [1.54, 1.807) is 18.5 Å². The summed E-state index contributed by atoms with van der Waals surface area (Å²) in [5.41, 5.74) is 3.64. The van der Waals surface area contributed by atoms with Gasteiger partial charge >= 0.3 is 0 Å². The Morgan fingerprint density at radius 2 is 1.94 bits per heavy atom. The second-order valence-electron chi connectivity index (χ2n) is 8.19. The summed E-state index contributed by atoms with van der Waals surface area (Å²) >= 11 is 0. The van der Waals surface area contributed by atoms with Crippen LogP contribution >= 0.6 is 0 Å². The van der Waals surface area contributed by atoms with Crippen molar-refractivity contribution in [2.24, 2.45) is 0 Å². The molecule has 1 atom stereocenters. The molecule has 1 aliphatic heterocycles. The van der Waals surface area contributed by atoms with Crippen molar-refractivity contribution in [3.8, 4) is 11.5 Å². The number of pyridine rings is 2. The number of aromatic nitrogens is 2. The van der Waals surface area contributed by atoms with Crippen LogP contribution in [0.3, 0.4) is 0 Å². The molecular formula is C25H28N4O2. The monoisotopic (exact) mass is 416 g/mol. The summed E-state index contributed by atoms with van der Waals surface area (Å²) < 4.78 is 6.12. The summed E-state index contributed by atoms with van der Waals surface area (Å²) in [5, 5.41) is 0. The van der Waals surface area contributed by atoms with E-state index in [9.17, 15) is 4.79 Å². The molecule has 3 aromatic rings. The Kier molecular flexibility index (Phi) is 6.16. The van der Waals surface area contributed by atoms with Gasteiger partial charge in [-0.05, 0) is 56.2 Å². The van der Waals surface area contributed by atoms with Gasteiger partial charge in [0.25, 0.3) is 5.91 Å². The molecule has 0 radical (unpaired) electrons. The Labute approximate surface area is 183 Å². The maximum absolute atomic E-state index is 12.9. The molecule has 1 aromatic carbocycles. The fourth-order valence-corrected chi connectivity index (χ4v) is 3.95. The number of hydrogen-bond donors (Lipinski definition) is 0. The quantitative estimate of drug-likeness (QED) is 0.605. The molecule has 1 amide bonds. The first-order chi connectivity index (χ1) is 15.0. The van der Waals surface area contributed by atoms with Gasteiger partial charge in [-0.3, -0.25) is 14.8 Å². The highest BCUT2D eigenvalue weighted by atomic mass is 16.5. The molecule has 0 aliphatic carbocycles. The van der Waals surface area contributed by atoms with Crippen LogP contribution < -0.4 is 9.64 Å². The lowest BCUT2D eigenvalue weighted by molar-refractivity contribution is 0.0705. The van der Waals surface area contributed by atoms with E-state index >= 15 is 0 Å². The Bertz CT molecular complexity index is 1040. The Morgan fingerprint density at radius 3 is 2.65 bits per heavy atom. The predicted molar refractivity (Wildman–Crippen MR) is 122 cm³/mol. The first-order valence-electron chi connectivity index (χ1n) is 10.6. The highest BCUT2D eigenvalue weighted by molar-refractivity contribution is 5.94. The number of amides is 1. The number of rotatable bonds is 5. The number of benzene rings is 1. The number of aryl methyl sites for hydroxylation is 1. The molecular weight excluding hydrogens is 388 g/mol. The van der Waals surface area contributed by atoms with E-state index in [2.05, 4.69) is 9.88 Å². The standard InChI is InChI=1S/C25H28N4O2/c1-18-14-23(31-22-10-8-21(9-11-22)28(2)3)15-24(27-18)20-7-5-13-29(17-20)25(30)19-6-4-12-26-16-19/h4,6,8-12,14-16,20H,5,7,13,17H2,1-3H3/t20-/m1/s1. The summed E-state index contributed by atoms with van der Waals surface area (Å²) in [6.07, 6.45) is 5.27. The van der Waals surface area contributed by atoms with Crippen molar-refractivity contribution in [1.29, 1.82) is 0 Å². The number of ether oxygens (including phenoxy) is 1. The maximum atomic E-state index is 12.9. The van der Waals surface area contributed by atoms with Crippen LogP contribution in [0, 0.1) is 6.92 Å². The van der Waals surface area contributed by atoms with Crippen LogP contribution in [0.2, 0.25) is 0 Å². The zero-order chi connectivity index (χ0) is 21.8. The smallest absolute Gasteiger partial charge is 0.255 e. The van der Waals surface area contributed by atoms with Crippen molar-refractivity contribution >= 4 is 11.6 Å². The minimum atomic E-state index is 0.0305. The first-order valence-corrected chi connectivity index (χ1v) is 10.6. The van der Waals surface area contributed by atoms with Crippen molar-refractivity contribution in [3.63, 3.8) is 0 Å². The number of likely N-dealkylation sites (tertiary alicyclic amines) is 1. The topological polar surface area (TPSA) is 58.6 Å². The van der Waals surface area contributed by atoms with Gasteiger partial charge < -0.3 is 14.5 Å². The first kappa shape index (κ1) is 20.8. The molecule has 0 bridgehead atoms. The molecule has 3 heterocycles. The summed E-state index contributed by atoms with van der Waals surface area (Å²) in [6.45, 7) is 3.39. The molecule has 160 valence electrons. The molecule has 4 rings (SSSR count). The van der Waals surface area contributed by atoms with E-state index in [-0.39, 0.29) is 11.8 Å². The van der Waals surface area contributed by atoms with Gasteiger partial charge in [-0.1, -0.05) is 0 Å². The highest BCUT2D eigenvalue weighted by Gasteiger charge is 2.27. The lowest BCUT2D eigenvalue weighted by Crippen LogP contribution is -2.39. The minimum Gasteiger partial charge on any atom is -0.457 e. The Hall–Kier alpha value is -3.41. The average molecular weight is 417 g/mol. The van der Waals surface area contributed by atoms with Crippen LogP contribution in [-0.2, 0) is 0 Å². The summed E-state index contributed by atoms with van der Waals surface area (Å²) in [7, 11) is 4.03. The van der Waals surface area contributed by atoms with Crippen LogP contribution in [0.1, 0.15) is 40.5 Å². The van der Waals surface area contributed by atoms with Crippen molar-refractivity contribution in [2.75, 3.05) is 32.1 Å². The van der Waals surface area contributed by atoms with Crippen molar-refractivity contribution in [1.82, 2.24) is 14.9 Å². The summed E-state index contributed by atoms with van der Waals surface area (Å²) in [4.78, 5) is 25.7. The fraction of sp³-hybridized carbons (Fsp3) is 0.320. The van der Waals surface area contributed by atoms with Gasteiger partial charge in [0.1, 0.15) is 11.5 Å². The SMILES string of the molecule is Cc1cc(Oc2ccc(N(C)C)cc2)cc([C@@H]2CCCN(C(=O)c3cccnc3)C2)n1. The molecule has 1 fully saturated rings. The molecule has 6 nitrogen and oxygen atoms in total. The van der Waals surface area contributed by atoms with E-state index in [0.29, 0.717) is 12.1 Å². The number of nitrogens with zero attached hydrogens (tertiary/aromatic N) is 4. The van der Waals surface area contributed by atoms with E-state index in [1.807, 2.05) is 68.4 Å². The fourth-order valence-electron chi connectivity index (χ4n) is 3.95.